The average Bonchev–Trinajstić information content (AvgIpc) is 2.95. The van der Waals surface area contributed by atoms with Crippen LogP contribution in [0.25, 0.3) is 0 Å². The smallest absolute Gasteiger partial charge is 0.153 e. The number of aldehydes is 1. The van der Waals surface area contributed by atoms with Gasteiger partial charge in [-0.3, -0.25) is 4.79 Å². The van der Waals surface area contributed by atoms with Crippen molar-refractivity contribution in [3.05, 3.63) is 28.8 Å². The second-order valence-corrected chi connectivity index (χ2v) is 4.84. The minimum absolute atomic E-state index is 0.308. The lowest BCUT2D eigenvalue weighted by Gasteiger charge is -2.12. The summed E-state index contributed by atoms with van der Waals surface area (Å²) >= 11 is 5.84. The molecule has 80 valence electrons. The first kappa shape index (κ1) is 10.5. The molecule has 0 saturated heterocycles. The molecule has 3 heteroatoms. The molecule has 1 saturated carbocycles. The number of ether oxygens (including phenoxy) is 1. The van der Waals surface area contributed by atoms with Gasteiger partial charge in [-0.05, 0) is 31.0 Å². The Morgan fingerprint density at radius 2 is 2.27 bits per heavy atom. The molecule has 2 nitrogen and oxygen atoms in total. The Bertz CT molecular complexity index is 383. The third-order valence-electron chi connectivity index (χ3n) is 2.78. The van der Waals surface area contributed by atoms with Gasteiger partial charge in [0.25, 0.3) is 0 Å². The first-order valence-corrected chi connectivity index (χ1v) is 5.38. The molecule has 1 aliphatic rings. The fourth-order valence-electron chi connectivity index (χ4n) is 1.34. The number of carbonyl (C=O) groups is 1. The van der Waals surface area contributed by atoms with Gasteiger partial charge in [-0.15, -0.1) is 0 Å². The van der Waals surface area contributed by atoms with Crippen molar-refractivity contribution in [2.75, 3.05) is 6.61 Å². The van der Waals surface area contributed by atoms with Gasteiger partial charge >= 0.3 is 0 Å². The van der Waals surface area contributed by atoms with Gasteiger partial charge in [0.05, 0.1) is 12.2 Å². The summed E-state index contributed by atoms with van der Waals surface area (Å²) in [6.45, 7) is 2.84. The van der Waals surface area contributed by atoms with Crippen LogP contribution in [0.3, 0.4) is 0 Å². The maximum absolute atomic E-state index is 10.8. The van der Waals surface area contributed by atoms with E-state index < -0.39 is 0 Å². The summed E-state index contributed by atoms with van der Waals surface area (Å²) in [6, 6.07) is 5.06. The topological polar surface area (TPSA) is 26.3 Å². The van der Waals surface area contributed by atoms with Crippen molar-refractivity contribution in [1.82, 2.24) is 0 Å². The normalized spacial score (nSPS) is 17.2. The molecule has 0 radical (unpaired) electrons. The summed E-state index contributed by atoms with van der Waals surface area (Å²) in [7, 11) is 0. The van der Waals surface area contributed by atoms with E-state index in [4.69, 9.17) is 16.3 Å². The fraction of sp³-hybridized carbons (Fsp3) is 0.417. The first-order valence-electron chi connectivity index (χ1n) is 5.00. The Labute approximate surface area is 94.2 Å². The molecular formula is C12H13ClO2. The molecular weight excluding hydrogens is 212 g/mol. The van der Waals surface area contributed by atoms with Crippen molar-refractivity contribution in [3.8, 4) is 5.75 Å². The number of hydrogen-bond acceptors (Lipinski definition) is 2. The van der Waals surface area contributed by atoms with Gasteiger partial charge in [0.15, 0.2) is 6.29 Å². The van der Waals surface area contributed by atoms with Crippen molar-refractivity contribution in [2.24, 2.45) is 5.41 Å². The summed E-state index contributed by atoms with van der Waals surface area (Å²) in [6.07, 6.45) is 3.19. The average molecular weight is 225 g/mol. The third kappa shape index (κ3) is 2.51. The molecule has 0 spiro atoms. The number of hydrogen-bond donors (Lipinski definition) is 0. The largest absolute Gasteiger partial charge is 0.492 e. The van der Waals surface area contributed by atoms with Crippen LogP contribution < -0.4 is 4.74 Å². The van der Waals surface area contributed by atoms with Gasteiger partial charge in [-0.1, -0.05) is 18.5 Å². The fourth-order valence-corrected chi connectivity index (χ4v) is 1.50. The quantitative estimate of drug-likeness (QED) is 0.734. The summed E-state index contributed by atoms with van der Waals surface area (Å²) in [5, 5.41) is 0.594. The van der Waals surface area contributed by atoms with Gasteiger partial charge < -0.3 is 4.74 Å². The highest BCUT2D eigenvalue weighted by atomic mass is 35.5. The SMILES string of the molecule is CC1(COc2cc(Cl)ccc2C=O)CC1. The molecule has 0 bridgehead atoms. The molecule has 0 atom stereocenters. The van der Waals surface area contributed by atoms with E-state index in [1.165, 1.54) is 12.8 Å². The molecule has 15 heavy (non-hydrogen) atoms. The van der Waals surface area contributed by atoms with Gasteiger partial charge in [0.1, 0.15) is 5.75 Å². The molecule has 1 aromatic carbocycles. The van der Waals surface area contributed by atoms with Crippen molar-refractivity contribution in [3.63, 3.8) is 0 Å². The lowest BCUT2D eigenvalue weighted by molar-refractivity contribution is 0.111. The molecule has 1 fully saturated rings. The van der Waals surface area contributed by atoms with E-state index in [1.807, 2.05) is 0 Å². The molecule has 0 N–H and O–H groups in total. The van der Waals surface area contributed by atoms with Crippen LogP contribution >= 0.6 is 11.6 Å². The zero-order valence-corrected chi connectivity index (χ0v) is 9.38. The monoisotopic (exact) mass is 224 g/mol. The van der Waals surface area contributed by atoms with Crippen LogP contribution in [0.15, 0.2) is 18.2 Å². The van der Waals surface area contributed by atoms with Crippen molar-refractivity contribution in [2.45, 2.75) is 19.8 Å². The van der Waals surface area contributed by atoms with Gasteiger partial charge in [0, 0.05) is 10.4 Å². The predicted molar refractivity (Wildman–Crippen MR) is 59.7 cm³/mol. The van der Waals surface area contributed by atoms with Crippen LogP contribution in [0.5, 0.6) is 5.75 Å². The predicted octanol–water partition coefficient (Wildman–Crippen LogP) is 3.33. The van der Waals surface area contributed by atoms with E-state index in [9.17, 15) is 4.79 Å². The Kier molecular flexibility index (Phi) is 2.70. The van der Waals surface area contributed by atoms with E-state index in [0.29, 0.717) is 28.4 Å². The first-order chi connectivity index (χ1) is 7.13. The molecule has 1 aromatic rings. The van der Waals surface area contributed by atoms with Gasteiger partial charge in [-0.25, -0.2) is 0 Å². The standard InChI is InChI=1S/C12H13ClO2/c1-12(4-5-12)8-15-11-6-10(13)3-2-9(11)7-14/h2-3,6-7H,4-5,8H2,1H3. The summed E-state index contributed by atoms with van der Waals surface area (Å²) < 4.78 is 5.62. The highest BCUT2D eigenvalue weighted by molar-refractivity contribution is 6.30. The maximum Gasteiger partial charge on any atom is 0.153 e. The maximum atomic E-state index is 10.8. The minimum atomic E-state index is 0.308. The van der Waals surface area contributed by atoms with Crippen LogP contribution in [0.2, 0.25) is 5.02 Å². The van der Waals surface area contributed by atoms with Crippen LogP contribution in [0.4, 0.5) is 0 Å². The second-order valence-electron chi connectivity index (χ2n) is 4.40. The lowest BCUT2D eigenvalue weighted by atomic mass is 10.1. The third-order valence-corrected chi connectivity index (χ3v) is 3.02. The highest BCUT2D eigenvalue weighted by Gasteiger charge is 2.38. The lowest BCUT2D eigenvalue weighted by Crippen LogP contribution is -2.09. The Morgan fingerprint density at radius 1 is 1.53 bits per heavy atom. The molecule has 0 aliphatic heterocycles. The highest BCUT2D eigenvalue weighted by Crippen LogP contribution is 2.45. The number of halogens is 1. The molecule has 0 aromatic heterocycles. The van der Waals surface area contributed by atoms with E-state index in [2.05, 4.69) is 6.92 Å². The molecule has 1 aliphatic carbocycles. The Balaban J connectivity index is 2.11. The number of benzene rings is 1. The van der Waals surface area contributed by atoms with E-state index in [0.717, 1.165) is 6.29 Å². The number of carbonyl (C=O) groups excluding carboxylic acids is 1. The van der Waals surface area contributed by atoms with Crippen molar-refractivity contribution in [1.29, 1.82) is 0 Å². The number of rotatable bonds is 4. The van der Waals surface area contributed by atoms with E-state index in [-0.39, 0.29) is 0 Å². The van der Waals surface area contributed by atoms with E-state index in [1.54, 1.807) is 18.2 Å². The van der Waals surface area contributed by atoms with Gasteiger partial charge in [0.2, 0.25) is 0 Å². The van der Waals surface area contributed by atoms with Crippen molar-refractivity contribution < 1.29 is 9.53 Å². The molecule has 0 heterocycles. The zero-order chi connectivity index (χ0) is 10.9. The van der Waals surface area contributed by atoms with Gasteiger partial charge in [-0.2, -0.15) is 0 Å². The minimum Gasteiger partial charge on any atom is -0.492 e. The van der Waals surface area contributed by atoms with Crippen molar-refractivity contribution >= 4 is 17.9 Å². The van der Waals surface area contributed by atoms with Crippen LogP contribution in [0, 0.1) is 5.41 Å². The summed E-state index contributed by atoms with van der Waals surface area (Å²) in [5.41, 5.74) is 0.867. The molecule has 0 amide bonds. The van der Waals surface area contributed by atoms with Crippen LogP contribution in [-0.2, 0) is 0 Å². The second kappa shape index (κ2) is 3.86. The zero-order valence-electron chi connectivity index (χ0n) is 8.63. The van der Waals surface area contributed by atoms with E-state index >= 15 is 0 Å². The molecule has 2 rings (SSSR count). The summed E-state index contributed by atoms with van der Waals surface area (Å²) in [5.74, 6) is 0.589. The molecule has 0 unspecified atom stereocenters. The van der Waals surface area contributed by atoms with Crippen LogP contribution in [0.1, 0.15) is 30.1 Å². The Hall–Kier alpha value is -1.02. The van der Waals surface area contributed by atoms with Crippen LogP contribution in [-0.4, -0.2) is 12.9 Å². The Morgan fingerprint density at radius 3 is 2.87 bits per heavy atom. The summed E-state index contributed by atoms with van der Waals surface area (Å²) in [4.78, 5) is 10.8.